The first-order valence-corrected chi connectivity index (χ1v) is 7.30. The first-order chi connectivity index (χ1) is 9.61. The Morgan fingerprint density at radius 2 is 2.10 bits per heavy atom. The Kier molecular flexibility index (Phi) is 5.17. The van der Waals surface area contributed by atoms with Gasteiger partial charge in [-0.3, -0.25) is 4.79 Å². The lowest BCUT2D eigenvalue weighted by molar-refractivity contribution is -0.131. The number of piperidine rings is 1. The molecule has 0 aliphatic carbocycles. The van der Waals surface area contributed by atoms with E-state index < -0.39 is 0 Å². The quantitative estimate of drug-likeness (QED) is 0.829. The first kappa shape index (κ1) is 15.0. The van der Waals surface area contributed by atoms with Crippen LogP contribution in [0.2, 0.25) is 0 Å². The van der Waals surface area contributed by atoms with Gasteiger partial charge in [-0.1, -0.05) is 5.16 Å². The van der Waals surface area contributed by atoms with E-state index in [-0.39, 0.29) is 5.91 Å². The van der Waals surface area contributed by atoms with Crippen LogP contribution in [0.15, 0.2) is 4.52 Å². The zero-order valence-electron chi connectivity index (χ0n) is 12.6. The second-order valence-electron chi connectivity index (χ2n) is 5.59. The van der Waals surface area contributed by atoms with Crippen LogP contribution in [-0.2, 0) is 16.0 Å². The number of nitrogens with zero attached hydrogens (tertiary/aromatic N) is 2. The molecule has 2 rings (SSSR count). The van der Waals surface area contributed by atoms with Crippen LogP contribution in [0.4, 0.5) is 0 Å². The molecule has 112 valence electrons. The van der Waals surface area contributed by atoms with Crippen molar-refractivity contribution in [2.24, 2.45) is 5.92 Å². The number of aryl methyl sites for hydroxylation is 2. The van der Waals surface area contributed by atoms with Gasteiger partial charge in [-0.25, -0.2) is 0 Å². The number of rotatable bonds is 5. The van der Waals surface area contributed by atoms with Crippen LogP contribution < -0.4 is 0 Å². The molecule has 0 aromatic carbocycles. The van der Waals surface area contributed by atoms with E-state index in [1.54, 1.807) is 7.11 Å². The van der Waals surface area contributed by atoms with Crippen molar-refractivity contribution < 1.29 is 14.1 Å². The maximum atomic E-state index is 12.3. The molecule has 5 nitrogen and oxygen atoms in total. The molecule has 5 heteroatoms. The monoisotopic (exact) mass is 280 g/mol. The van der Waals surface area contributed by atoms with E-state index in [2.05, 4.69) is 5.16 Å². The van der Waals surface area contributed by atoms with Crippen LogP contribution >= 0.6 is 0 Å². The lowest BCUT2D eigenvalue weighted by Gasteiger charge is -2.32. The van der Waals surface area contributed by atoms with Gasteiger partial charge >= 0.3 is 0 Å². The molecule has 1 amide bonds. The van der Waals surface area contributed by atoms with E-state index in [4.69, 9.17) is 9.26 Å². The summed E-state index contributed by atoms with van der Waals surface area (Å²) in [6.45, 7) is 6.28. The smallest absolute Gasteiger partial charge is 0.227 e. The maximum Gasteiger partial charge on any atom is 0.227 e. The molecule has 1 fully saturated rings. The minimum absolute atomic E-state index is 0.185. The lowest BCUT2D eigenvalue weighted by Crippen LogP contribution is -2.39. The summed E-state index contributed by atoms with van der Waals surface area (Å²) in [6.07, 6.45) is 3.67. The molecule has 0 N–H and O–H groups in total. The predicted octanol–water partition coefficient (Wildman–Crippen LogP) is 2.11. The molecule has 0 radical (unpaired) electrons. The number of amides is 1. The van der Waals surface area contributed by atoms with Crippen LogP contribution in [0.5, 0.6) is 0 Å². The van der Waals surface area contributed by atoms with Gasteiger partial charge in [0.05, 0.1) is 12.1 Å². The molecule has 0 unspecified atom stereocenters. The normalized spacial score (nSPS) is 16.6. The Bertz CT molecular complexity index is 428. The molecule has 2 heterocycles. The SMILES string of the molecule is COCCC1CCN(C(=O)Cc2c(C)noc2C)CC1. The number of likely N-dealkylation sites (tertiary alicyclic amines) is 1. The molecule has 1 aliphatic heterocycles. The van der Waals surface area contributed by atoms with Crippen molar-refractivity contribution in [2.45, 2.75) is 39.5 Å². The van der Waals surface area contributed by atoms with Gasteiger partial charge in [0, 0.05) is 32.4 Å². The number of ether oxygens (including phenoxy) is 1. The minimum Gasteiger partial charge on any atom is -0.385 e. The highest BCUT2D eigenvalue weighted by molar-refractivity contribution is 5.79. The largest absolute Gasteiger partial charge is 0.385 e. The molecular formula is C15H24N2O3. The van der Waals surface area contributed by atoms with E-state index in [0.29, 0.717) is 12.3 Å². The molecule has 0 saturated carbocycles. The summed E-state index contributed by atoms with van der Waals surface area (Å²) in [5, 5.41) is 3.90. The molecule has 20 heavy (non-hydrogen) atoms. The zero-order chi connectivity index (χ0) is 14.5. The highest BCUT2D eigenvalue weighted by atomic mass is 16.5. The molecule has 0 atom stereocenters. The van der Waals surface area contributed by atoms with Gasteiger partial charge in [-0.2, -0.15) is 0 Å². The third kappa shape index (κ3) is 3.60. The van der Waals surface area contributed by atoms with E-state index in [9.17, 15) is 4.79 Å². The molecule has 1 aromatic heterocycles. The van der Waals surface area contributed by atoms with E-state index in [1.807, 2.05) is 18.7 Å². The van der Waals surface area contributed by atoms with E-state index >= 15 is 0 Å². The number of hydrogen-bond acceptors (Lipinski definition) is 4. The Morgan fingerprint density at radius 1 is 1.40 bits per heavy atom. The fourth-order valence-corrected chi connectivity index (χ4v) is 2.77. The van der Waals surface area contributed by atoms with E-state index in [1.165, 1.54) is 0 Å². The maximum absolute atomic E-state index is 12.3. The third-order valence-electron chi connectivity index (χ3n) is 4.21. The Labute approximate surface area is 120 Å². The van der Waals surface area contributed by atoms with Crippen molar-refractivity contribution in [2.75, 3.05) is 26.8 Å². The van der Waals surface area contributed by atoms with Gasteiger partial charge in [0.25, 0.3) is 0 Å². The van der Waals surface area contributed by atoms with Gasteiger partial charge < -0.3 is 14.2 Å². The zero-order valence-corrected chi connectivity index (χ0v) is 12.6. The predicted molar refractivity (Wildman–Crippen MR) is 75.5 cm³/mol. The summed E-state index contributed by atoms with van der Waals surface area (Å²) in [4.78, 5) is 14.3. The van der Waals surface area contributed by atoms with Gasteiger partial charge in [0.1, 0.15) is 5.76 Å². The first-order valence-electron chi connectivity index (χ1n) is 7.30. The third-order valence-corrected chi connectivity index (χ3v) is 4.21. The van der Waals surface area contributed by atoms with Crippen LogP contribution in [0.1, 0.15) is 36.3 Å². The minimum atomic E-state index is 0.185. The van der Waals surface area contributed by atoms with Gasteiger partial charge in [-0.05, 0) is 39.0 Å². The van der Waals surface area contributed by atoms with E-state index in [0.717, 1.165) is 56.0 Å². The van der Waals surface area contributed by atoms with Crippen LogP contribution in [0.25, 0.3) is 0 Å². The number of hydrogen-bond donors (Lipinski definition) is 0. The lowest BCUT2D eigenvalue weighted by atomic mass is 9.93. The van der Waals surface area contributed by atoms with Crippen molar-refractivity contribution in [3.8, 4) is 0 Å². The summed E-state index contributed by atoms with van der Waals surface area (Å²) in [7, 11) is 1.74. The molecular weight excluding hydrogens is 256 g/mol. The highest BCUT2D eigenvalue weighted by Gasteiger charge is 2.24. The fourth-order valence-electron chi connectivity index (χ4n) is 2.77. The molecule has 0 spiro atoms. The molecule has 0 bridgehead atoms. The number of carbonyl (C=O) groups excluding carboxylic acids is 1. The van der Waals surface area contributed by atoms with Crippen molar-refractivity contribution in [3.63, 3.8) is 0 Å². The number of carbonyl (C=O) groups is 1. The summed E-state index contributed by atoms with van der Waals surface area (Å²) in [5.74, 6) is 1.63. The van der Waals surface area contributed by atoms with Gasteiger partial charge in [0.2, 0.25) is 5.91 Å². The summed E-state index contributed by atoms with van der Waals surface area (Å²) in [6, 6.07) is 0. The molecule has 1 aliphatic rings. The second kappa shape index (κ2) is 6.88. The topological polar surface area (TPSA) is 55.6 Å². The standard InChI is InChI=1S/C15H24N2O3/c1-11-14(12(2)20-16-11)10-15(18)17-7-4-13(5-8-17)6-9-19-3/h13H,4-10H2,1-3H3. The summed E-state index contributed by atoms with van der Waals surface area (Å²) >= 11 is 0. The highest BCUT2D eigenvalue weighted by Crippen LogP contribution is 2.22. The van der Waals surface area contributed by atoms with Crippen LogP contribution in [0.3, 0.4) is 0 Å². The van der Waals surface area contributed by atoms with Crippen molar-refractivity contribution >= 4 is 5.91 Å². The Balaban J connectivity index is 1.83. The average Bonchev–Trinajstić information content (AvgIpc) is 2.77. The van der Waals surface area contributed by atoms with Gasteiger partial charge in [0.15, 0.2) is 0 Å². The fraction of sp³-hybridized carbons (Fsp3) is 0.733. The van der Waals surface area contributed by atoms with Crippen molar-refractivity contribution in [1.82, 2.24) is 10.1 Å². The average molecular weight is 280 g/mol. The molecule has 1 aromatic rings. The van der Waals surface area contributed by atoms with Crippen LogP contribution in [0, 0.1) is 19.8 Å². The second-order valence-corrected chi connectivity index (χ2v) is 5.59. The summed E-state index contributed by atoms with van der Waals surface area (Å²) in [5.41, 5.74) is 1.77. The Morgan fingerprint density at radius 3 is 2.65 bits per heavy atom. The number of aromatic nitrogens is 1. The van der Waals surface area contributed by atoms with Gasteiger partial charge in [-0.15, -0.1) is 0 Å². The molecule has 1 saturated heterocycles. The number of methoxy groups -OCH3 is 1. The van der Waals surface area contributed by atoms with Crippen LogP contribution in [-0.4, -0.2) is 42.8 Å². The summed E-state index contributed by atoms with van der Waals surface area (Å²) < 4.78 is 10.2. The Hall–Kier alpha value is -1.36. The van der Waals surface area contributed by atoms with Crippen molar-refractivity contribution in [1.29, 1.82) is 0 Å². The van der Waals surface area contributed by atoms with Crippen molar-refractivity contribution in [3.05, 3.63) is 17.0 Å².